The van der Waals surface area contributed by atoms with Crippen LogP contribution in [0, 0.1) is 24.2 Å². The van der Waals surface area contributed by atoms with Crippen molar-refractivity contribution in [2.24, 2.45) is 5.92 Å². The van der Waals surface area contributed by atoms with E-state index in [1.54, 1.807) is 6.20 Å². The Balaban J connectivity index is 1.88. The largest absolute Gasteiger partial charge is 0.481 e. The number of carboxylic acids is 1. The molecule has 148 valence electrons. The Labute approximate surface area is 173 Å². The lowest BCUT2D eigenvalue weighted by molar-refractivity contribution is -0.143. The summed E-state index contributed by atoms with van der Waals surface area (Å²) in [5.74, 6) is -0.985. The van der Waals surface area contributed by atoms with Crippen LogP contribution >= 0.6 is 11.6 Å². The van der Waals surface area contributed by atoms with Crippen molar-refractivity contribution in [3.63, 3.8) is 0 Å². The van der Waals surface area contributed by atoms with E-state index in [9.17, 15) is 15.2 Å². The Bertz CT molecular complexity index is 1150. The van der Waals surface area contributed by atoms with E-state index in [1.165, 1.54) is 6.20 Å². The van der Waals surface area contributed by atoms with Crippen LogP contribution in [0.1, 0.15) is 42.9 Å². The number of benzene rings is 1. The lowest BCUT2D eigenvalue weighted by Crippen LogP contribution is -2.23. The number of nitrogens with two attached hydrogens (primary N) is 1. The average Bonchev–Trinajstić information content (AvgIpc) is 3.07. The van der Waals surface area contributed by atoms with Crippen molar-refractivity contribution in [1.29, 1.82) is 5.26 Å². The second-order valence-electron chi connectivity index (χ2n) is 7.68. The van der Waals surface area contributed by atoms with Gasteiger partial charge in [0, 0.05) is 40.5 Å². The molecule has 3 N–H and O–H groups in total. The lowest BCUT2D eigenvalue weighted by Gasteiger charge is -2.28. The Morgan fingerprint density at radius 3 is 2.66 bits per heavy atom. The summed E-state index contributed by atoms with van der Waals surface area (Å²) >= 11 is 6.48. The first-order valence-electron chi connectivity index (χ1n) is 9.58. The van der Waals surface area contributed by atoms with Crippen LogP contribution in [0.15, 0.2) is 30.7 Å². The number of aliphatic carboxylic acids is 1. The summed E-state index contributed by atoms with van der Waals surface area (Å²) in [7, 11) is 0. The molecule has 0 amide bonds. The fraction of sp³-hybridized carbons (Fsp3) is 0.318. The first-order valence-corrected chi connectivity index (χ1v) is 9.96. The highest BCUT2D eigenvalue weighted by atomic mass is 35.5. The maximum atomic E-state index is 11.3. The summed E-state index contributed by atoms with van der Waals surface area (Å²) in [6.45, 7) is 1.92. The molecule has 0 radical (unpaired) electrons. The number of carbonyl (C=O) groups is 1. The van der Waals surface area contributed by atoms with Crippen LogP contribution in [-0.2, 0) is 4.79 Å². The topological polar surface area (TPSA) is 105 Å². The summed E-state index contributed by atoms with van der Waals surface area (Å²) in [6, 6.07) is 6.36. The molecule has 1 aromatic carbocycles. The molecule has 0 atom stereocenters. The van der Waals surface area contributed by atoms with Gasteiger partial charge in [-0.2, -0.15) is 5.26 Å². The van der Waals surface area contributed by atoms with Crippen molar-refractivity contribution < 1.29 is 9.90 Å². The monoisotopic (exact) mass is 408 g/mol. The van der Waals surface area contributed by atoms with Gasteiger partial charge in [-0.25, -0.2) is 0 Å². The van der Waals surface area contributed by atoms with Gasteiger partial charge in [-0.1, -0.05) is 11.6 Å². The number of nitrogen functional groups attached to an aromatic ring is 1. The quantitative estimate of drug-likeness (QED) is 0.638. The standard InChI is InChI=1S/C22H21ClN4O2/c1-12-6-20-16(7-14(12)8-24)18(17-9-26-10-19(25)21(17)23)11-27(20)15-4-2-13(3-5-15)22(28)29/h6-7,9-11,13,15H,2-5,25H2,1H3,(H,28,29). The van der Waals surface area contributed by atoms with E-state index in [-0.39, 0.29) is 12.0 Å². The molecular weight excluding hydrogens is 388 g/mol. The van der Waals surface area contributed by atoms with Crippen LogP contribution in [0.25, 0.3) is 22.0 Å². The number of pyridine rings is 1. The first-order chi connectivity index (χ1) is 13.9. The zero-order valence-corrected chi connectivity index (χ0v) is 16.8. The average molecular weight is 409 g/mol. The summed E-state index contributed by atoms with van der Waals surface area (Å²) in [4.78, 5) is 15.5. The first kappa shape index (κ1) is 19.3. The maximum absolute atomic E-state index is 11.3. The van der Waals surface area contributed by atoms with E-state index in [0.29, 0.717) is 29.1 Å². The minimum absolute atomic E-state index is 0.196. The second kappa shape index (κ2) is 7.41. The molecule has 2 aromatic heterocycles. The highest BCUT2D eigenvalue weighted by molar-refractivity contribution is 6.36. The van der Waals surface area contributed by atoms with E-state index < -0.39 is 5.97 Å². The molecule has 4 rings (SSSR count). The number of nitriles is 1. The number of anilines is 1. The van der Waals surface area contributed by atoms with Gasteiger partial charge in [-0.15, -0.1) is 0 Å². The predicted molar refractivity (Wildman–Crippen MR) is 113 cm³/mol. The third-order valence-electron chi connectivity index (χ3n) is 5.94. The van der Waals surface area contributed by atoms with Crippen LogP contribution in [0.3, 0.4) is 0 Å². The molecule has 1 saturated carbocycles. The lowest BCUT2D eigenvalue weighted by atomic mass is 9.86. The van der Waals surface area contributed by atoms with Crippen molar-refractivity contribution in [2.45, 2.75) is 38.6 Å². The van der Waals surface area contributed by atoms with Crippen LogP contribution in [-0.4, -0.2) is 20.6 Å². The van der Waals surface area contributed by atoms with Crippen molar-refractivity contribution >= 4 is 34.2 Å². The van der Waals surface area contributed by atoms with Crippen LogP contribution in [0.4, 0.5) is 5.69 Å². The molecule has 1 aliphatic carbocycles. The third-order valence-corrected chi connectivity index (χ3v) is 6.36. The number of hydrogen-bond acceptors (Lipinski definition) is 4. The fourth-order valence-corrected chi connectivity index (χ4v) is 4.49. The smallest absolute Gasteiger partial charge is 0.306 e. The Morgan fingerprint density at radius 1 is 1.28 bits per heavy atom. The predicted octanol–water partition coefficient (Wildman–Crippen LogP) is 4.93. The van der Waals surface area contributed by atoms with Crippen molar-refractivity contribution in [3.05, 3.63) is 46.9 Å². The van der Waals surface area contributed by atoms with Gasteiger partial charge in [0.25, 0.3) is 0 Å². The third kappa shape index (κ3) is 3.32. The van der Waals surface area contributed by atoms with Gasteiger partial charge in [0.2, 0.25) is 0 Å². The Hall–Kier alpha value is -3.04. The Kier molecular flexibility index (Phi) is 4.93. The highest BCUT2D eigenvalue weighted by Crippen LogP contribution is 2.41. The number of halogens is 1. The molecule has 0 aliphatic heterocycles. The van der Waals surface area contributed by atoms with E-state index in [0.717, 1.165) is 40.4 Å². The second-order valence-corrected chi connectivity index (χ2v) is 8.06. The zero-order valence-electron chi connectivity index (χ0n) is 16.0. The van der Waals surface area contributed by atoms with Gasteiger partial charge >= 0.3 is 5.97 Å². The molecule has 0 unspecified atom stereocenters. The van der Waals surface area contributed by atoms with E-state index in [1.807, 2.05) is 25.3 Å². The van der Waals surface area contributed by atoms with Gasteiger partial charge < -0.3 is 15.4 Å². The van der Waals surface area contributed by atoms with Crippen molar-refractivity contribution in [1.82, 2.24) is 9.55 Å². The minimum Gasteiger partial charge on any atom is -0.481 e. The highest BCUT2D eigenvalue weighted by Gasteiger charge is 2.28. The Morgan fingerprint density at radius 2 is 2.00 bits per heavy atom. The number of fused-ring (bicyclic) bond motifs is 1. The number of rotatable bonds is 3. The van der Waals surface area contributed by atoms with Gasteiger partial charge in [0.1, 0.15) is 0 Å². The van der Waals surface area contributed by atoms with Gasteiger partial charge in [-0.3, -0.25) is 9.78 Å². The van der Waals surface area contributed by atoms with Gasteiger partial charge in [-0.05, 0) is 50.3 Å². The van der Waals surface area contributed by atoms with E-state index >= 15 is 0 Å². The zero-order chi connectivity index (χ0) is 20.7. The van der Waals surface area contributed by atoms with Gasteiger partial charge in [0.05, 0.1) is 34.5 Å². The molecule has 0 saturated heterocycles. The molecule has 0 bridgehead atoms. The SMILES string of the molecule is Cc1cc2c(cc1C#N)c(-c1cncc(N)c1Cl)cn2C1CCC(C(=O)O)CC1. The summed E-state index contributed by atoms with van der Waals surface area (Å²) < 4.78 is 2.20. The molecule has 3 aromatic rings. The van der Waals surface area contributed by atoms with Crippen LogP contribution in [0.5, 0.6) is 0 Å². The fourth-order valence-electron chi connectivity index (χ4n) is 4.29. The molecule has 29 heavy (non-hydrogen) atoms. The molecule has 7 heteroatoms. The molecule has 1 fully saturated rings. The van der Waals surface area contributed by atoms with Crippen molar-refractivity contribution in [3.8, 4) is 17.2 Å². The van der Waals surface area contributed by atoms with Crippen molar-refractivity contribution in [2.75, 3.05) is 5.73 Å². The van der Waals surface area contributed by atoms with Crippen LogP contribution < -0.4 is 5.73 Å². The number of hydrogen-bond donors (Lipinski definition) is 2. The van der Waals surface area contributed by atoms with Crippen LogP contribution in [0.2, 0.25) is 5.02 Å². The van der Waals surface area contributed by atoms with E-state index in [2.05, 4.69) is 15.6 Å². The molecule has 1 aliphatic rings. The van der Waals surface area contributed by atoms with E-state index in [4.69, 9.17) is 17.3 Å². The van der Waals surface area contributed by atoms with Gasteiger partial charge in [0.15, 0.2) is 0 Å². The molecule has 0 spiro atoms. The molecule has 2 heterocycles. The summed E-state index contributed by atoms with van der Waals surface area (Å²) in [5.41, 5.74) is 10.5. The summed E-state index contributed by atoms with van der Waals surface area (Å²) in [5, 5.41) is 20.2. The number of carboxylic acid groups (broad SMARTS) is 1. The summed E-state index contributed by atoms with van der Waals surface area (Å²) in [6.07, 6.45) is 8.15. The number of nitrogens with zero attached hydrogens (tertiary/aromatic N) is 3. The molecular formula is C22H21ClN4O2. The number of aryl methyl sites for hydroxylation is 1. The molecule has 6 nitrogen and oxygen atoms in total. The normalized spacial score (nSPS) is 19.2. The number of aromatic nitrogens is 2. The minimum atomic E-state index is -0.714. The maximum Gasteiger partial charge on any atom is 0.306 e.